The van der Waals surface area contributed by atoms with Gasteiger partial charge in [0.1, 0.15) is 17.0 Å². The van der Waals surface area contributed by atoms with Gasteiger partial charge < -0.3 is 24.8 Å². The topological polar surface area (TPSA) is 83.7 Å². The molecule has 27 heavy (non-hydrogen) atoms. The van der Waals surface area contributed by atoms with Crippen LogP contribution in [-0.4, -0.2) is 50.9 Å². The Kier molecular flexibility index (Phi) is 6.76. The van der Waals surface area contributed by atoms with Crippen molar-refractivity contribution in [2.75, 3.05) is 13.2 Å². The van der Waals surface area contributed by atoms with E-state index >= 15 is 0 Å². The number of hydrogen-bond donors (Lipinski definition) is 3. The number of alkyl halides is 2. The van der Waals surface area contributed by atoms with Gasteiger partial charge in [-0.1, -0.05) is 47.3 Å². The lowest BCUT2D eigenvalue weighted by molar-refractivity contribution is -0.119. The number of pyridine rings is 1. The van der Waals surface area contributed by atoms with E-state index in [2.05, 4.69) is 17.2 Å². The zero-order chi connectivity index (χ0) is 19.6. The second-order valence-corrected chi connectivity index (χ2v) is 8.25. The zero-order valence-electron chi connectivity index (χ0n) is 13.9. The van der Waals surface area contributed by atoms with Crippen molar-refractivity contribution in [2.24, 2.45) is 0 Å². The summed E-state index contributed by atoms with van der Waals surface area (Å²) >= 11 is 18.0. The maximum absolute atomic E-state index is 11.4. The van der Waals surface area contributed by atoms with Crippen LogP contribution in [0.1, 0.15) is 18.2 Å². The molecule has 3 N–H and O–H groups in total. The number of aliphatic hydroxyl groups is 2. The highest BCUT2D eigenvalue weighted by Crippen LogP contribution is 2.33. The molecule has 2 aromatic rings. The van der Waals surface area contributed by atoms with E-state index in [-0.39, 0.29) is 13.2 Å². The van der Waals surface area contributed by atoms with Gasteiger partial charge in [-0.05, 0) is 11.4 Å². The quantitative estimate of drug-likeness (QED) is 0.381. The number of fused-ring (bicyclic) bond motifs is 1. The number of nitrogens with zero attached hydrogens (tertiary/aromatic N) is 1. The molecular weight excluding hydrogens is 431 g/mol. The first kappa shape index (κ1) is 20.6. The molecule has 6 nitrogen and oxygen atoms in total. The van der Waals surface area contributed by atoms with E-state index in [1.807, 2.05) is 11.4 Å². The van der Waals surface area contributed by atoms with Crippen LogP contribution in [0, 0.1) is 16.5 Å². The van der Waals surface area contributed by atoms with E-state index in [1.165, 1.54) is 11.3 Å². The summed E-state index contributed by atoms with van der Waals surface area (Å²) in [6, 6.07) is 1.93. The van der Waals surface area contributed by atoms with Gasteiger partial charge in [-0.3, -0.25) is 4.79 Å². The third kappa shape index (κ3) is 4.46. The van der Waals surface area contributed by atoms with Gasteiger partial charge in [-0.15, -0.1) is 11.3 Å². The fourth-order valence-electron chi connectivity index (χ4n) is 2.78. The van der Waals surface area contributed by atoms with Crippen LogP contribution in [-0.2, 0) is 9.53 Å². The van der Waals surface area contributed by atoms with Crippen molar-refractivity contribution in [3.05, 3.63) is 27.8 Å². The highest BCUT2D eigenvalue weighted by molar-refractivity contribution is 7.71. The molecule has 3 rings (SSSR count). The van der Waals surface area contributed by atoms with Crippen LogP contribution in [0.2, 0.25) is 0 Å². The first-order valence-electron chi connectivity index (χ1n) is 8.03. The number of carbonyl (C=O) groups excluding carboxylic acids is 1. The number of thiophene rings is 1. The van der Waals surface area contributed by atoms with Crippen LogP contribution >= 0.6 is 46.8 Å². The van der Waals surface area contributed by atoms with Gasteiger partial charge in [0.25, 0.3) is 5.91 Å². The maximum atomic E-state index is 11.4. The molecule has 1 aliphatic heterocycles. The number of ether oxygens (including phenoxy) is 1. The predicted octanol–water partition coefficient (Wildman–Crippen LogP) is 2.34. The molecule has 1 fully saturated rings. The highest BCUT2D eigenvalue weighted by Gasteiger charge is 2.34. The minimum Gasteiger partial charge on any atom is -0.394 e. The molecule has 0 bridgehead atoms. The van der Waals surface area contributed by atoms with Gasteiger partial charge in [0, 0.05) is 23.6 Å². The van der Waals surface area contributed by atoms with Crippen LogP contribution in [0.3, 0.4) is 0 Å². The highest BCUT2D eigenvalue weighted by atomic mass is 35.5. The summed E-state index contributed by atoms with van der Waals surface area (Å²) in [6.45, 7) is -0.165. The molecule has 144 valence electrons. The third-order valence-corrected chi connectivity index (χ3v) is 5.98. The van der Waals surface area contributed by atoms with Gasteiger partial charge in [0.2, 0.25) is 0 Å². The first-order chi connectivity index (χ1) is 12.9. The van der Waals surface area contributed by atoms with Crippen molar-refractivity contribution in [1.29, 1.82) is 0 Å². The number of nitrogens with one attached hydrogen (secondary N) is 1. The Morgan fingerprint density at radius 3 is 3.00 bits per heavy atom. The van der Waals surface area contributed by atoms with E-state index in [9.17, 15) is 15.0 Å². The minimum absolute atomic E-state index is 0.0985. The molecule has 1 amide bonds. The third-order valence-electron chi connectivity index (χ3n) is 4.12. The monoisotopic (exact) mass is 446 g/mol. The van der Waals surface area contributed by atoms with Crippen molar-refractivity contribution in [3.8, 4) is 11.8 Å². The molecule has 2 aromatic heterocycles. The summed E-state index contributed by atoms with van der Waals surface area (Å²) < 4.78 is 8.94. The minimum atomic E-state index is -1.14. The van der Waals surface area contributed by atoms with Crippen molar-refractivity contribution in [2.45, 2.75) is 29.7 Å². The second-order valence-electron chi connectivity index (χ2n) is 5.85. The van der Waals surface area contributed by atoms with Gasteiger partial charge >= 0.3 is 0 Å². The zero-order valence-corrected chi connectivity index (χ0v) is 17.0. The predicted molar refractivity (Wildman–Crippen MR) is 108 cm³/mol. The summed E-state index contributed by atoms with van der Waals surface area (Å²) in [5.41, 5.74) is 0.716. The van der Waals surface area contributed by atoms with Crippen molar-refractivity contribution >= 4 is 62.7 Å². The summed E-state index contributed by atoms with van der Waals surface area (Å²) in [5.74, 6) is 5.37. The molecule has 0 saturated carbocycles. The van der Waals surface area contributed by atoms with Gasteiger partial charge in [-0.25, -0.2) is 0 Å². The standard InChI is InChI=1S/C17H16Cl2N2O4S2/c18-15(19)16(24)20-4-1-2-9-7-21(13-6-11(23)12(8-22)25-13)17(26)14-10(9)3-5-27-14/h3,5,7,11-13,15,22-23H,4,6,8H2,(H,20,24)/t11-,12-,13-/m1/s1. The molecule has 0 spiro atoms. The summed E-state index contributed by atoms with van der Waals surface area (Å²) in [5, 5.41) is 24.6. The Labute approximate surface area is 174 Å². The Bertz CT molecular complexity index is 963. The average Bonchev–Trinajstić information content (AvgIpc) is 3.27. The van der Waals surface area contributed by atoms with Crippen LogP contribution in [0.4, 0.5) is 0 Å². The van der Waals surface area contributed by atoms with Crippen molar-refractivity contribution in [3.63, 3.8) is 0 Å². The number of rotatable bonds is 4. The van der Waals surface area contributed by atoms with Crippen LogP contribution < -0.4 is 5.32 Å². The Balaban J connectivity index is 1.90. The largest absolute Gasteiger partial charge is 0.394 e. The molecule has 3 atom stereocenters. The number of aliphatic hydroxyl groups excluding tert-OH is 2. The Morgan fingerprint density at radius 1 is 1.56 bits per heavy atom. The van der Waals surface area contributed by atoms with Crippen LogP contribution in [0.5, 0.6) is 0 Å². The van der Waals surface area contributed by atoms with Gasteiger partial charge in [0.15, 0.2) is 4.84 Å². The lowest BCUT2D eigenvalue weighted by atomic mass is 10.1. The maximum Gasteiger partial charge on any atom is 0.254 e. The molecule has 1 aliphatic rings. The summed E-state index contributed by atoms with van der Waals surface area (Å²) in [6.07, 6.45) is 0.218. The Hall–Kier alpha value is -1.18. The van der Waals surface area contributed by atoms with Crippen molar-refractivity contribution < 1.29 is 19.7 Å². The molecule has 1 saturated heterocycles. The van der Waals surface area contributed by atoms with E-state index in [4.69, 9.17) is 40.2 Å². The lowest BCUT2D eigenvalue weighted by Gasteiger charge is -2.17. The van der Waals surface area contributed by atoms with Gasteiger partial charge in [-0.2, -0.15) is 0 Å². The number of carbonyl (C=O) groups is 1. The van der Waals surface area contributed by atoms with Crippen molar-refractivity contribution in [1.82, 2.24) is 9.88 Å². The molecule has 0 aromatic carbocycles. The Morgan fingerprint density at radius 2 is 2.33 bits per heavy atom. The molecule has 0 radical (unpaired) electrons. The molecule has 0 aliphatic carbocycles. The molecular formula is C17H16Cl2N2O4S2. The fourth-order valence-corrected chi connectivity index (χ4v) is 4.21. The number of amides is 1. The second kappa shape index (κ2) is 8.88. The average molecular weight is 447 g/mol. The summed E-state index contributed by atoms with van der Waals surface area (Å²) in [7, 11) is 0. The normalized spacial score (nSPS) is 22.0. The summed E-state index contributed by atoms with van der Waals surface area (Å²) in [4.78, 5) is 10.2. The van der Waals surface area contributed by atoms with Gasteiger partial charge in [0.05, 0.1) is 24.0 Å². The molecule has 0 unspecified atom stereocenters. The van der Waals surface area contributed by atoms with E-state index in [0.717, 1.165) is 10.1 Å². The lowest BCUT2D eigenvalue weighted by Crippen LogP contribution is -2.28. The SMILES string of the molecule is O=C(NCC#Cc1cn([C@H]2C[C@@H](O)[C@@H](CO)O2)c(=S)c2sccc12)C(Cl)Cl. The van der Waals surface area contributed by atoms with Crippen LogP contribution in [0.25, 0.3) is 10.1 Å². The smallest absolute Gasteiger partial charge is 0.254 e. The molecule has 3 heterocycles. The fraction of sp³-hybridized carbons (Fsp3) is 0.412. The van der Waals surface area contributed by atoms with Crippen LogP contribution in [0.15, 0.2) is 17.6 Å². The first-order valence-corrected chi connectivity index (χ1v) is 10.2. The number of halogens is 2. The van der Waals surface area contributed by atoms with E-state index < -0.39 is 29.2 Å². The van der Waals surface area contributed by atoms with E-state index in [0.29, 0.717) is 16.6 Å². The number of aromatic nitrogens is 1. The van der Waals surface area contributed by atoms with E-state index in [1.54, 1.807) is 10.8 Å². The number of hydrogen-bond acceptors (Lipinski definition) is 6. The molecule has 10 heteroatoms.